The molecule has 29 heavy (non-hydrogen) atoms. The molecule has 0 unspecified atom stereocenters. The van der Waals surface area contributed by atoms with Gasteiger partial charge in [-0.3, -0.25) is 9.59 Å². The van der Waals surface area contributed by atoms with E-state index >= 15 is 0 Å². The molecule has 1 saturated heterocycles. The van der Waals surface area contributed by atoms with Crippen LogP contribution in [-0.4, -0.2) is 56.4 Å². The fraction of sp³-hybridized carbons (Fsp3) is 0.316. The van der Waals surface area contributed by atoms with Gasteiger partial charge in [0, 0.05) is 26.2 Å². The molecule has 0 aliphatic carbocycles. The van der Waals surface area contributed by atoms with Gasteiger partial charge in [0.05, 0.1) is 23.3 Å². The number of para-hydroxylation sites is 1. The highest BCUT2D eigenvalue weighted by atomic mass is 35.5. The van der Waals surface area contributed by atoms with Crippen molar-refractivity contribution in [3.05, 3.63) is 62.5 Å². The molecular weight excluding hydrogens is 412 g/mol. The highest BCUT2D eigenvalue weighted by Gasteiger charge is 2.27. The number of benzene rings is 1. The lowest BCUT2D eigenvalue weighted by Crippen LogP contribution is -2.49. The molecule has 10 heteroatoms. The summed E-state index contributed by atoms with van der Waals surface area (Å²) in [5.74, 6) is -0.0415. The quantitative estimate of drug-likeness (QED) is 0.631. The number of amides is 1. The maximum Gasteiger partial charge on any atom is 0.292 e. The zero-order valence-corrected chi connectivity index (χ0v) is 17.4. The largest absolute Gasteiger partial charge is 0.365 e. The van der Waals surface area contributed by atoms with Crippen LogP contribution in [0.5, 0.6) is 0 Å². The number of hydrogen-bond donors (Lipinski definition) is 0. The maximum atomic E-state index is 12.8. The Labute approximate surface area is 176 Å². The zero-order chi connectivity index (χ0) is 20.4. The summed E-state index contributed by atoms with van der Waals surface area (Å²) in [4.78, 5) is 29.8. The summed E-state index contributed by atoms with van der Waals surface area (Å²) >= 11 is 7.53. The number of nitrogens with zero attached hydrogens (tertiary/aromatic N) is 6. The third-order valence-electron chi connectivity index (χ3n) is 4.89. The molecule has 0 saturated carbocycles. The average Bonchev–Trinajstić information content (AvgIpc) is 3.25. The molecule has 1 fully saturated rings. The molecule has 1 aliphatic rings. The van der Waals surface area contributed by atoms with Crippen LogP contribution in [0.3, 0.4) is 0 Å². The van der Waals surface area contributed by atoms with Crippen LogP contribution in [0.25, 0.3) is 5.69 Å². The van der Waals surface area contributed by atoms with Crippen LogP contribution in [0.4, 0.5) is 5.69 Å². The molecule has 0 bridgehead atoms. The maximum absolute atomic E-state index is 12.8. The van der Waals surface area contributed by atoms with Gasteiger partial charge in [-0.25, -0.2) is 0 Å². The van der Waals surface area contributed by atoms with Gasteiger partial charge >= 0.3 is 0 Å². The van der Waals surface area contributed by atoms with Gasteiger partial charge in [-0.2, -0.15) is 9.78 Å². The fourth-order valence-electron chi connectivity index (χ4n) is 3.29. The van der Waals surface area contributed by atoms with Crippen molar-refractivity contribution in [1.29, 1.82) is 0 Å². The number of carbonyl (C=O) groups excluding carboxylic acids is 1. The number of carbonyl (C=O) groups is 1. The summed E-state index contributed by atoms with van der Waals surface area (Å²) < 4.78 is 5.18. The van der Waals surface area contributed by atoms with Gasteiger partial charge in [-0.1, -0.05) is 41.2 Å². The highest BCUT2D eigenvalue weighted by molar-refractivity contribution is 7.08. The Balaban J connectivity index is 1.50. The lowest BCUT2D eigenvalue weighted by molar-refractivity contribution is 0.0750. The number of hydrogen-bond acceptors (Lipinski definition) is 7. The first kappa shape index (κ1) is 19.5. The Morgan fingerprint density at radius 2 is 1.90 bits per heavy atom. The van der Waals surface area contributed by atoms with Gasteiger partial charge in [-0.15, -0.1) is 5.10 Å². The van der Waals surface area contributed by atoms with Crippen LogP contribution in [-0.2, 0) is 6.42 Å². The molecule has 1 aliphatic heterocycles. The van der Waals surface area contributed by atoms with E-state index in [0.29, 0.717) is 48.9 Å². The molecule has 0 N–H and O–H groups in total. The molecule has 0 radical (unpaired) electrons. The molecule has 2 aromatic heterocycles. The normalized spacial score (nSPS) is 14.3. The smallest absolute Gasteiger partial charge is 0.292 e. The molecule has 1 aromatic carbocycles. The summed E-state index contributed by atoms with van der Waals surface area (Å²) in [6.07, 6.45) is 2.28. The average molecular weight is 431 g/mol. The van der Waals surface area contributed by atoms with E-state index in [1.807, 2.05) is 30.0 Å². The van der Waals surface area contributed by atoms with Gasteiger partial charge in [0.15, 0.2) is 0 Å². The van der Waals surface area contributed by atoms with Crippen molar-refractivity contribution in [2.24, 2.45) is 0 Å². The first-order valence-corrected chi connectivity index (χ1v) is 10.4. The number of halogens is 1. The molecule has 0 spiro atoms. The van der Waals surface area contributed by atoms with Crippen molar-refractivity contribution in [3.63, 3.8) is 0 Å². The zero-order valence-electron chi connectivity index (χ0n) is 15.8. The number of aromatic nitrogens is 4. The van der Waals surface area contributed by atoms with Crippen LogP contribution in [0.1, 0.15) is 22.3 Å². The first-order chi connectivity index (χ1) is 14.1. The minimum Gasteiger partial charge on any atom is -0.365 e. The summed E-state index contributed by atoms with van der Waals surface area (Å²) in [7, 11) is 0. The Bertz CT molecular complexity index is 1080. The van der Waals surface area contributed by atoms with E-state index in [1.165, 1.54) is 4.68 Å². The van der Waals surface area contributed by atoms with Crippen molar-refractivity contribution in [2.75, 3.05) is 31.1 Å². The van der Waals surface area contributed by atoms with E-state index in [9.17, 15) is 9.59 Å². The monoisotopic (exact) mass is 430 g/mol. The predicted molar refractivity (Wildman–Crippen MR) is 112 cm³/mol. The summed E-state index contributed by atoms with van der Waals surface area (Å²) in [5.41, 5.74) is 1.62. The Hall–Kier alpha value is -2.78. The predicted octanol–water partition coefficient (Wildman–Crippen LogP) is 2.26. The Kier molecular flexibility index (Phi) is 5.59. The van der Waals surface area contributed by atoms with Crippen LogP contribution in [0.2, 0.25) is 5.02 Å². The second-order valence-corrected chi connectivity index (χ2v) is 7.71. The van der Waals surface area contributed by atoms with E-state index in [-0.39, 0.29) is 16.5 Å². The minimum atomic E-state index is -0.364. The molecule has 150 valence electrons. The van der Waals surface area contributed by atoms with E-state index in [2.05, 4.69) is 14.7 Å². The standard InChI is InChI=1S/C19H19ClN6O2S/c1-2-14-17(29-23-22-14)19(28)25-10-8-24(9-11-25)15-12-21-26(18(27)16(15)20)13-6-4-3-5-7-13/h3-7,12H,2,8-11H2,1H3. The van der Waals surface area contributed by atoms with E-state index in [4.69, 9.17) is 11.6 Å². The second kappa shape index (κ2) is 8.30. The molecule has 8 nitrogen and oxygen atoms in total. The summed E-state index contributed by atoms with van der Waals surface area (Å²) in [5, 5.41) is 8.43. The van der Waals surface area contributed by atoms with Gasteiger partial charge in [0.25, 0.3) is 11.5 Å². The van der Waals surface area contributed by atoms with E-state index in [1.54, 1.807) is 23.2 Å². The van der Waals surface area contributed by atoms with Crippen molar-refractivity contribution in [1.82, 2.24) is 24.3 Å². The molecule has 3 aromatic rings. The van der Waals surface area contributed by atoms with Gasteiger partial charge < -0.3 is 9.80 Å². The van der Waals surface area contributed by atoms with Crippen LogP contribution in [0, 0.1) is 0 Å². The lowest BCUT2D eigenvalue weighted by Gasteiger charge is -2.36. The number of piperazine rings is 1. The van der Waals surface area contributed by atoms with Crippen LogP contribution in [0.15, 0.2) is 41.3 Å². The van der Waals surface area contributed by atoms with E-state index in [0.717, 1.165) is 17.2 Å². The van der Waals surface area contributed by atoms with Gasteiger partial charge in [0.2, 0.25) is 0 Å². The van der Waals surface area contributed by atoms with Crippen molar-refractivity contribution in [3.8, 4) is 5.69 Å². The number of anilines is 1. The van der Waals surface area contributed by atoms with Crippen LogP contribution >= 0.6 is 23.1 Å². The Morgan fingerprint density at radius 1 is 1.17 bits per heavy atom. The third kappa shape index (κ3) is 3.75. The van der Waals surface area contributed by atoms with Crippen LogP contribution < -0.4 is 10.5 Å². The Morgan fingerprint density at radius 3 is 2.59 bits per heavy atom. The van der Waals surface area contributed by atoms with Crippen molar-refractivity contribution in [2.45, 2.75) is 13.3 Å². The van der Waals surface area contributed by atoms with E-state index < -0.39 is 0 Å². The molecule has 1 amide bonds. The fourth-order valence-corrected chi connectivity index (χ4v) is 4.26. The summed E-state index contributed by atoms with van der Waals surface area (Å²) in [6, 6.07) is 9.15. The number of rotatable bonds is 4. The lowest BCUT2D eigenvalue weighted by atomic mass is 10.2. The SMILES string of the molecule is CCc1nnsc1C(=O)N1CCN(c2cnn(-c3ccccc3)c(=O)c2Cl)CC1. The summed E-state index contributed by atoms with van der Waals surface area (Å²) in [6.45, 7) is 4.14. The van der Waals surface area contributed by atoms with Gasteiger partial charge in [-0.05, 0) is 30.1 Å². The second-order valence-electron chi connectivity index (χ2n) is 6.58. The highest BCUT2D eigenvalue weighted by Crippen LogP contribution is 2.24. The van der Waals surface area contributed by atoms with Crippen molar-refractivity contribution < 1.29 is 4.79 Å². The third-order valence-corrected chi connectivity index (χ3v) is 6.01. The molecule has 3 heterocycles. The molecular formula is C19H19ClN6O2S. The topological polar surface area (TPSA) is 84.2 Å². The molecule has 0 atom stereocenters. The minimum absolute atomic E-state index is 0.0415. The molecule has 4 rings (SSSR count). The number of aryl methyl sites for hydroxylation is 1. The van der Waals surface area contributed by atoms with Crippen molar-refractivity contribution >= 4 is 34.7 Å². The first-order valence-electron chi connectivity index (χ1n) is 9.29. The van der Waals surface area contributed by atoms with Gasteiger partial charge in [0.1, 0.15) is 9.90 Å².